The topological polar surface area (TPSA) is 92.5 Å². The lowest BCUT2D eigenvalue weighted by Gasteiger charge is -2.24. The van der Waals surface area contributed by atoms with Gasteiger partial charge in [-0.2, -0.15) is 0 Å². The van der Waals surface area contributed by atoms with E-state index in [-0.39, 0.29) is 17.0 Å². The van der Waals surface area contributed by atoms with Crippen molar-refractivity contribution in [2.24, 2.45) is 0 Å². The van der Waals surface area contributed by atoms with Crippen LogP contribution < -0.4 is 9.84 Å². The number of aromatic carboxylic acids is 1. The van der Waals surface area contributed by atoms with Crippen molar-refractivity contribution in [3.05, 3.63) is 33.9 Å². The van der Waals surface area contributed by atoms with Crippen LogP contribution in [-0.2, 0) is 0 Å². The molecule has 1 aromatic rings. The lowest BCUT2D eigenvalue weighted by atomic mass is 10.0. The Kier molecular flexibility index (Phi) is 4.13. The zero-order valence-electron chi connectivity index (χ0n) is 11.5. The van der Waals surface area contributed by atoms with Gasteiger partial charge in [0.2, 0.25) is 0 Å². The molecule has 1 saturated carbocycles. The average Bonchev–Trinajstić information content (AvgIpc) is 2.87. The van der Waals surface area contributed by atoms with Crippen molar-refractivity contribution < 1.29 is 19.6 Å². The Bertz CT molecular complexity index is 635. The summed E-state index contributed by atoms with van der Waals surface area (Å²) in [5, 5.41) is 22.0. The predicted molar refractivity (Wildman–Crippen MR) is 72.7 cm³/mol. The highest BCUT2D eigenvalue weighted by Crippen LogP contribution is 2.38. The number of carboxylic acid groups (broad SMARTS) is 1. The van der Waals surface area contributed by atoms with Gasteiger partial charge in [-0.15, -0.1) is 5.92 Å². The molecule has 6 heteroatoms. The third-order valence-electron chi connectivity index (χ3n) is 3.46. The van der Waals surface area contributed by atoms with Crippen LogP contribution in [0.15, 0.2) is 18.2 Å². The summed E-state index contributed by atoms with van der Waals surface area (Å²) in [5.41, 5.74) is -1.21. The third kappa shape index (κ3) is 3.14. The van der Waals surface area contributed by atoms with Crippen molar-refractivity contribution in [2.45, 2.75) is 38.2 Å². The first-order valence-electron chi connectivity index (χ1n) is 6.60. The first-order valence-corrected chi connectivity index (χ1v) is 6.60. The Morgan fingerprint density at radius 3 is 2.57 bits per heavy atom. The van der Waals surface area contributed by atoms with Crippen molar-refractivity contribution >= 4 is 11.7 Å². The monoisotopic (exact) mass is 288 g/mol. The fraction of sp³-hybridized carbons (Fsp3) is 0.400. The fourth-order valence-corrected chi connectivity index (χ4v) is 2.51. The summed E-state index contributed by atoms with van der Waals surface area (Å²) in [5.74, 6) is 4.26. The van der Waals surface area contributed by atoms with E-state index in [0.29, 0.717) is 12.8 Å². The number of hydrogen-bond donors (Lipinski definition) is 0. The van der Waals surface area contributed by atoms with Crippen LogP contribution in [0.5, 0.6) is 5.75 Å². The van der Waals surface area contributed by atoms with Crippen molar-refractivity contribution in [1.82, 2.24) is 0 Å². The summed E-state index contributed by atoms with van der Waals surface area (Å²) < 4.78 is 5.78. The molecule has 0 spiro atoms. The zero-order valence-corrected chi connectivity index (χ0v) is 11.5. The van der Waals surface area contributed by atoms with Gasteiger partial charge in [0, 0.05) is 11.6 Å². The van der Waals surface area contributed by atoms with Gasteiger partial charge in [0.05, 0.1) is 10.9 Å². The van der Waals surface area contributed by atoms with Crippen LogP contribution >= 0.6 is 0 Å². The SMILES string of the molecule is CC#CC1(Oc2cc(C(=O)[O-])ccc2[N+](=O)[O-])CCCC1. The number of rotatable bonds is 4. The quantitative estimate of drug-likeness (QED) is 0.477. The molecule has 0 bridgehead atoms. The predicted octanol–water partition coefficient (Wildman–Crippen LogP) is 1.67. The highest BCUT2D eigenvalue weighted by atomic mass is 16.6. The van der Waals surface area contributed by atoms with Gasteiger partial charge in [-0.25, -0.2) is 0 Å². The second-order valence-electron chi connectivity index (χ2n) is 4.91. The summed E-state index contributed by atoms with van der Waals surface area (Å²) in [7, 11) is 0. The van der Waals surface area contributed by atoms with Crippen molar-refractivity contribution in [3.8, 4) is 17.6 Å². The zero-order chi connectivity index (χ0) is 15.5. The lowest BCUT2D eigenvalue weighted by Crippen LogP contribution is -2.31. The van der Waals surface area contributed by atoms with Gasteiger partial charge >= 0.3 is 5.69 Å². The van der Waals surface area contributed by atoms with Crippen LogP contribution in [-0.4, -0.2) is 16.5 Å². The molecule has 2 rings (SSSR count). The lowest BCUT2D eigenvalue weighted by molar-refractivity contribution is -0.386. The number of carbonyl (C=O) groups is 1. The van der Waals surface area contributed by atoms with Crippen LogP contribution in [0.4, 0.5) is 5.69 Å². The van der Waals surface area contributed by atoms with Gasteiger partial charge in [0.1, 0.15) is 0 Å². The van der Waals surface area contributed by atoms with Crippen molar-refractivity contribution in [3.63, 3.8) is 0 Å². The minimum Gasteiger partial charge on any atom is -0.545 e. The summed E-state index contributed by atoms with van der Waals surface area (Å²) in [6.07, 6.45) is 3.17. The highest BCUT2D eigenvalue weighted by Gasteiger charge is 2.36. The van der Waals surface area contributed by atoms with E-state index in [9.17, 15) is 20.0 Å². The number of nitro groups is 1. The Morgan fingerprint density at radius 2 is 2.05 bits per heavy atom. The number of ether oxygens (including phenoxy) is 1. The molecule has 0 atom stereocenters. The van der Waals surface area contributed by atoms with Crippen LogP contribution in [0.1, 0.15) is 43.0 Å². The summed E-state index contributed by atoms with van der Waals surface area (Å²) in [4.78, 5) is 21.4. The van der Waals surface area contributed by atoms with Gasteiger partial charge in [-0.05, 0) is 44.7 Å². The van der Waals surface area contributed by atoms with Gasteiger partial charge in [-0.3, -0.25) is 10.1 Å². The van der Waals surface area contributed by atoms with Crippen LogP contribution in [0.25, 0.3) is 0 Å². The number of hydrogen-bond acceptors (Lipinski definition) is 5. The number of carbonyl (C=O) groups excluding carboxylic acids is 1. The van der Waals surface area contributed by atoms with Gasteiger partial charge in [-0.1, -0.05) is 5.92 Å². The van der Waals surface area contributed by atoms with E-state index in [1.165, 1.54) is 0 Å². The Balaban J connectivity index is 2.44. The van der Waals surface area contributed by atoms with Crippen molar-refractivity contribution in [2.75, 3.05) is 0 Å². The molecule has 1 aliphatic rings. The third-order valence-corrected chi connectivity index (χ3v) is 3.46. The molecule has 1 fully saturated rings. The van der Waals surface area contributed by atoms with E-state index in [1.807, 2.05) is 0 Å². The maximum absolute atomic E-state index is 11.1. The molecule has 21 heavy (non-hydrogen) atoms. The number of nitro benzene ring substituents is 1. The molecule has 110 valence electrons. The molecule has 0 aliphatic heterocycles. The normalized spacial score (nSPS) is 15.9. The molecule has 0 N–H and O–H groups in total. The van der Waals surface area contributed by atoms with Crippen LogP contribution in [0.3, 0.4) is 0 Å². The molecular formula is C15H14NO5-. The minimum absolute atomic E-state index is 0.0775. The smallest absolute Gasteiger partial charge is 0.311 e. The van der Waals surface area contributed by atoms with Gasteiger partial charge < -0.3 is 14.6 Å². The standard InChI is InChI=1S/C15H15NO5/c1-2-7-15(8-3-4-9-15)21-13-10-11(14(17)18)5-6-12(13)16(19)20/h5-6,10H,3-4,8-9H2,1H3,(H,17,18)/p-1. The summed E-state index contributed by atoms with van der Waals surface area (Å²) in [6.45, 7) is 1.68. The van der Waals surface area contributed by atoms with Gasteiger partial charge in [0.25, 0.3) is 0 Å². The molecule has 0 unspecified atom stereocenters. The molecule has 0 aromatic heterocycles. The Morgan fingerprint density at radius 1 is 1.38 bits per heavy atom. The van der Waals surface area contributed by atoms with E-state index in [4.69, 9.17) is 4.74 Å². The maximum atomic E-state index is 11.1. The second kappa shape index (κ2) is 5.83. The summed E-state index contributed by atoms with van der Waals surface area (Å²) >= 11 is 0. The Labute approximate surface area is 121 Å². The largest absolute Gasteiger partial charge is 0.545 e. The number of benzene rings is 1. The van der Waals surface area contributed by atoms with E-state index >= 15 is 0 Å². The first kappa shape index (κ1) is 14.9. The molecule has 0 amide bonds. The molecule has 0 heterocycles. The number of carboxylic acids is 1. The second-order valence-corrected chi connectivity index (χ2v) is 4.91. The van der Waals surface area contributed by atoms with E-state index in [0.717, 1.165) is 31.0 Å². The molecule has 0 radical (unpaired) electrons. The molecular weight excluding hydrogens is 274 g/mol. The van der Waals surface area contributed by atoms with E-state index in [1.54, 1.807) is 6.92 Å². The molecule has 0 saturated heterocycles. The van der Waals surface area contributed by atoms with Crippen molar-refractivity contribution in [1.29, 1.82) is 0 Å². The number of nitrogens with zero attached hydrogens (tertiary/aromatic N) is 1. The Hall–Kier alpha value is -2.55. The van der Waals surface area contributed by atoms with Gasteiger partial charge in [0.15, 0.2) is 11.4 Å². The minimum atomic E-state index is -1.41. The molecule has 1 aromatic carbocycles. The highest BCUT2D eigenvalue weighted by molar-refractivity contribution is 5.87. The average molecular weight is 288 g/mol. The fourth-order valence-electron chi connectivity index (χ4n) is 2.51. The van der Waals surface area contributed by atoms with Crippen LogP contribution in [0.2, 0.25) is 0 Å². The molecule has 1 aliphatic carbocycles. The van der Waals surface area contributed by atoms with E-state index in [2.05, 4.69) is 11.8 Å². The van der Waals surface area contributed by atoms with Crippen LogP contribution in [0, 0.1) is 22.0 Å². The van der Waals surface area contributed by atoms with E-state index < -0.39 is 16.5 Å². The maximum Gasteiger partial charge on any atom is 0.311 e. The first-order chi connectivity index (χ1) is 9.97. The molecule has 6 nitrogen and oxygen atoms in total. The summed E-state index contributed by atoms with van der Waals surface area (Å²) in [6, 6.07) is 3.38.